The molecular formula is C9H10F3NO2. The molecule has 0 aromatic rings. The minimum atomic E-state index is -4.48. The van der Waals surface area contributed by atoms with Gasteiger partial charge in [0.15, 0.2) is 0 Å². The molecule has 0 aliphatic carbocycles. The van der Waals surface area contributed by atoms with Crippen molar-refractivity contribution in [3.05, 3.63) is 23.5 Å². The number of aliphatic hydroxyl groups is 1. The Morgan fingerprint density at radius 2 is 2.13 bits per heavy atom. The number of hydrogen-bond donors (Lipinski definition) is 1. The highest BCUT2D eigenvalue weighted by molar-refractivity contribution is 5.96. The van der Waals surface area contributed by atoms with Gasteiger partial charge in [-0.3, -0.25) is 4.79 Å². The Morgan fingerprint density at radius 3 is 2.53 bits per heavy atom. The lowest BCUT2D eigenvalue weighted by Crippen LogP contribution is -2.19. The fourth-order valence-electron chi connectivity index (χ4n) is 1.23. The van der Waals surface area contributed by atoms with E-state index in [9.17, 15) is 23.1 Å². The van der Waals surface area contributed by atoms with Crippen LogP contribution in [0, 0.1) is 0 Å². The molecule has 3 nitrogen and oxygen atoms in total. The highest BCUT2D eigenvalue weighted by atomic mass is 19.4. The van der Waals surface area contributed by atoms with E-state index in [0.717, 1.165) is 0 Å². The van der Waals surface area contributed by atoms with E-state index in [1.165, 1.54) is 11.9 Å². The summed E-state index contributed by atoms with van der Waals surface area (Å²) in [5, 5.41) is 9.25. The van der Waals surface area contributed by atoms with Crippen molar-refractivity contribution in [2.75, 3.05) is 13.6 Å². The lowest BCUT2D eigenvalue weighted by molar-refractivity contribution is -0.123. The van der Waals surface area contributed by atoms with E-state index in [1.807, 2.05) is 0 Å². The van der Waals surface area contributed by atoms with Crippen molar-refractivity contribution >= 4 is 5.91 Å². The smallest absolute Gasteiger partial charge is 0.409 e. The van der Waals surface area contributed by atoms with Gasteiger partial charge in [-0.05, 0) is 12.5 Å². The van der Waals surface area contributed by atoms with E-state index in [-0.39, 0.29) is 18.1 Å². The SMILES string of the molecule is CN1CC/C(=C(O)\C=C\C(F)(F)F)C1=O. The molecule has 0 atom stereocenters. The van der Waals surface area contributed by atoms with Crippen LogP contribution in [0.1, 0.15) is 6.42 Å². The molecule has 0 bridgehead atoms. The number of rotatable bonds is 1. The number of nitrogens with zero attached hydrogens (tertiary/aromatic N) is 1. The first-order valence-corrected chi connectivity index (χ1v) is 4.25. The van der Waals surface area contributed by atoms with Crippen molar-refractivity contribution in [2.24, 2.45) is 0 Å². The summed E-state index contributed by atoms with van der Waals surface area (Å²) >= 11 is 0. The number of alkyl halides is 3. The third-order valence-corrected chi connectivity index (χ3v) is 2.04. The molecule has 1 aliphatic rings. The summed E-state index contributed by atoms with van der Waals surface area (Å²) in [5.41, 5.74) is 0.0259. The third kappa shape index (κ3) is 3.00. The summed E-state index contributed by atoms with van der Waals surface area (Å²) in [6.07, 6.45) is -3.81. The minimum Gasteiger partial charge on any atom is -0.507 e. The summed E-state index contributed by atoms with van der Waals surface area (Å²) < 4.78 is 35.3. The maximum atomic E-state index is 11.8. The number of allylic oxidation sites excluding steroid dienone is 2. The molecule has 0 unspecified atom stereocenters. The van der Waals surface area contributed by atoms with Gasteiger partial charge >= 0.3 is 6.18 Å². The zero-order valence-corrected chi connectivity index (χ0v) is 8.01. The second-order valence-electron chi connectivity index (χ2n) is 3.22. The van der Waals surface area contributed by atoms with Crippen LogP contribution in [0.2, 0.25) is 0 Å². The Hall–Kier alpha value is -1.46. The van der Waals surface area contributed by atoms with Gasteiger partial charge in [-0.1, -0.05) is 0 Å². The minimum absolute atomic E-state index is 0.0259. The molecule has 1 amide bonds. The summed E-state index contributed by atoms with van der Waals surface area (Å²) in [7, 11) is 1.52. The average molecular weight is 221 g/mol. The van der Waals surface area contributed by atoms with Crippen molar-refractivity contribution in [2.45, 2.75) is 12.6 Å². The van der Waals surface area contributed by atoms with Crippen LogP contribution in [0.15, 0.2) is 23.5 Å². The summed E-state index contributed by atoms with van der Waals surface area (Å²) in [4.78, 5) is 12.6. The van der Waals surface area contributed by atoms with Crippen LogP contribution in [0.25, 0.3) is 0 Å². The zero-order valence-electron chi connectivity index (χ0n) is 8.01. The molecule has 1 N–H and O–H groups in total. The topological polar surface area (TPSA) is 40.5 Å². The molecule has 0 aromatic carbocycles. The van der Waals surface area contributed by atoms with Crippen molar-refractivity contribution in [1.82, 2.24) is 4.90 Å². The quantitative estimate of drug-likeness (QED) is 0.541. The molecule has 15 heavy (non-hydrogen) atoms. The molecule has 0 aromatic heterocycles. The number of carbonyl (C=O) groups excluding carboxylic acids is 1. The van der Waals surface area contributed by atoms with Gasteiger partial charge in [0.1, 0.15) is 5.76 Å². The maximum Gasteiger partial charge on any atom is 0.409 e. The van der Waals surface area contributed by atoms with E-state index in [0.29, 0.717) is 12.6 Å². The largest absolute Gasteiger partial charge is 0.507 e. The average Bonchev–Trinajstić information content (AvgIpc) is 2.43. The van der Waals surface area contributed by atoms with E-state index >= 15 is 0 Å². The Morgan fingerprint density at radius 1 is 1.53 bits per heavy atom. The molecular weight excluding hydrogens is 211 g/mol. The molecule has 0 saturated carbocycles. The van der Waals surface area contributed by atoms with Crippen LogP contribution in [0.4, 0.5) is 13.2 Å². The molecule has 1 rings (SSSR count). The predicted molar refractivity (Wildman–Crippen MR) is 47.1 cm³/mol. The first-order chi connectivity index (χ1) is 6.81. The van der Waals surface area contributed by atoms with Gasteiger partial charge in [-0.2, -0.15) is 13.2 Å². The molecule has 1 heterocycles. The number of likely N-dealkylation sites (tertiary alicyclic amines) is 1. The van der Waals surface area contributed by atoms with Gasteiger partial charge < -0.3 is 10.0 Å². The summed E-state index contributed by atoms with van der Waals surface area (Å²) in [5.74, 6) is -1.04. The molecule has 1 saturated heterocycles. The van der Waals surface area contributed by atoms with Crippen LogP contribution < -0.4 is 0 Å². The fourth-order valence-corrected chi connectivity index (χ4v) is 1.23. The highest BCUT2D eigenvalue weighted by Gasteiger charge is 2.27. The van der Waals surface area contributed by atoms with Crippen LogP contribution >= 0.6 is 0 Å². The van der Waals surface area contributed by atoms with Gasteiger partial charge in [-0.15, -0.1) is 0 Å². The van der Waals surface area contributed by atoms with Crippen LogP contribution in [0.5, 0.6) is 0 Å². The second-order valence-corrected chi connectivity index (χ2v) is 3.22. The number of likely N-dealkylation sites (N-methyl/N-ethyl adjacent to an activating group) is 1. The van der Waals surface area contributed by atoms with Gasteiger partial charge in [0.2, 0.25) is 0 Å². The Bertz CT molecular complexity index is 331. The van der Waals surface area contributed by atoms with Gasteiger partial charge in [0.25, 0.3) is 5.91 Å². The molecule has 6 heteroatoms. The van der Waals surface area contributed by atoms with E-state index < -0.39 is 17.8 Å². The summed E-state index contributed by atoms with van der Waals surface area (Å²) in [6.45, 7) is 0.415. The third-order valence-electron chi connectivity index (χ3n) is 2.04. The number of halogens is 3. The summed E-state index contributed by atoms with van der Waals surface area (Å²) in [6, 6.07) is 0. The monoisotopic (exact) mass is 221 g/mol. The molecule has 0 spiro atoms. The van der Waals surface area contributed by atoms with Crippen molar-refractivity contribution in [1.29, 1.82) is 0 Å². The Labute approximate surface area is 84.5 Å². The van der Waals surface area contributed by atoms with Gasteiger partial charge in [0.05, 0.1) is 5.57 Å². The second kappa shape index (κ2) is 3.96. The van der Waals surface area contributed by atoms with Crippen LogP contribution in [-0.2, 0) is 4.79 Å². The van der Waals surface area contributed by atoms with Crippen LogP contribution in [0.3, 0.4) is 0 Å². The predicted octanol–water partition coefficient (Wildman–Crippen LogP) is 1.78. The van der Waals surface area contributed by atoms with E-state index in [1.54, 1.807) is 0 Å². The Balaban J connectivity index is 2.84. The lowest BCUT2D eigenvalue weighted by Gasteiger charge is -2.05. The molecule has 1 aliphatic heterocycles. The molecule has 1 fully saturated rings. The number of hydrogen-bond acceptors (Lipinski definition) is 2. The van der Waals surface area contributed by atoms with Crippen molar-refractivity contribution in [3.8, 4) is 0 Å². The van der Waals surface area contributed by atoms with Gasteiger partial charge in [0, 0.05) is 19.7 Å². The standard InChI is InChI=1S/C9H10F3NO2/c1-13-5-3-6(8(13)15)7(14)2-4-9(10,11)12/h2,4,14H,3,5H2,1H3/b4-2+,7-6-. The molecule has 84 valence electrons. The fraction of sp³-hybridized carbons (Fsp3) is 0.444. The number of aliphatic hydroxyl groups excluding tert-OH is 1. The normalized spacial score (nSPS) is 21.6. The van der Waals surface area contributed by atoms with Gasteiger partial charge in [-0.25, -0.2) is 0 Å². The molecule has 0 radical (unpaired) electrons. The first kappa shape index (κ1) is 11.6. The number of carbonyl (C=O) groups is 1. The van der Waals surface area contributed by atoms with Crippen molar-refractivity contribution in [3.63, 3.8) is 0 Å². The first-order valence-electron chi connectivity index (χ1n) is 4.25. The Kier molecular flexibility index (Phi) is 3.06. The van der Waals surface area contributed by atoms with Crippen LogP contribution in [-0.4, -0.2) is 35.7 Å². The lowest BCUT2D eigenvalue weighted by atomic mass is 10.2. The zero-order chi connectivity index (χ0) is 11.6. The van der Waals surface area contributed by atoms with Crippen molar-refractivity contribution < 1.29 is 23.1 Å². The van der Waals surface area contributed by atoms with E-state index in [4.69, 9.17) is 0 Å². The maximum absolute atomic E-state index is 11.8. The number of amides is 1. The van der Waals surface area contributed by atoms with E-state index in [2.05, 4.69) is 0 Å². The highest BCUT2D eigenvalue weighted by Crippen LogP contribution is 2.21.